The number of aliphatic hydroxyl groups is 1. The highest BCUT2D eigenvalue weighted by atomic mass is 16.6. The van der Waals surface area contributed by atoms with Crippen molar-refractivity contribution >= 4 is 11.6 Å². The fourth-order valence-electron chi connectivity index (χ4n) is 5.14. The van der Waals surface area contributed by atoms with Gasteiger partial charge in [0.05, 0.1) is 17.2 Å². The van der Waals surface area contributed by atoms with E-state index in [2.05, 4.69) is 9.88 Å². The Labute approximate surface area is 183 Å². The lowest BCUT2D eigenvalue weighted by molar-refractivity contribution is -0.685. The summed E-state index contributed by atoms with van der Waals surface area (Å²) >= 11 is 0. The van der Waals surface area contributed by atoms with Gasteiger partial charge in [0.15, 0.2) is 0 Å². The molecule has 0 amide bonds. The van der Waals surface area contributed by atoms with Crippen molar-refractivity contribution in [3.63, 3.8) is 0 Å². The smallest absolute Gasteiger partial charge is 0.353 e. The van der Waals surface area contributed by atoms with Gasteiger partial charge in [0.2, 0.25) is 5.72 Å². The zero-order valence-electron chi connectivity index (χ0n) is 18.2. The average Bonchev–Trinajstić information content (AvgIpc) is 3.07. The summed E-state index contributed by atoms with van der Waals surface area (Å²) in [5.74, 6) is 0.778. The normalized spacial score (nSPS) is 23.6. The molecule has 4 rings (SSSR count). The zero-order valence-corrected chi connectivity index (χ0v) is 18.2. The topological polar surface area (TPSA) is 83.4 Å². The first kappa shape index (κ1) is 21.7. The lowest BCUT2D eigenvalue weighted by Crippen LogP contribution is -2.50. The van der Waals surface area contributed by atoms with E-state index in [4.69, 9.17) is 0 Å². The highest BCUT2D eigenvalue weighted by molar-refractivity contribution is 5.43. The molecule has 2 aromatic rings. The van der Waals surface area contributed by atoms with Crippen molar-refractivity contribution in [3.8, 4) is 0 Å². The van der Waals surface area contributed by atoms with Gasteiger partial charge in [-0.05, 0) is 25.0 Å². The van der Waals surface area contributed by atoms with Crippen molar-refractivity contribution in [2.75, 3.05) is 4.90 Å². The monoisotopic (exact) mass is 425 g/mol. The van der Waals surface area contributed by atoms with Crippen molar-refractivity contribution in [3.05, 3.63) is 58.4 Å². The molecule has 1 N–H and O–H groups in total. The lowest BCUT2D eigenvalue weighted by Gasteiger charge is -2.34. The van der Waals surface area contributed by atoms with E-state index >= 15 is 0 Å². The Hall–Kier alpha value is -2.54. The van der Waals surface area contributed by atoms with Crippen LogP contribution in [0.2, 0.25) is 0 Å². The van der Waals surface area contributed by atoms with Crippen molar-refractivity contribution in [2.45, 2.75) is 88.9 Å². The second kappa shape index (κ2) is 9.73. The molecule has 2 heterocycles. The van der Waals surface area contributed by atoms with E-state index in [1.54, 1.807) is 18.3 Å². The van der Waals surface area contributed by atoms with Gasteiger partial charge < -0.3 is 5.11 Å². The summed E-state index contributed by atoms with van der Waals surface area (Å²) in [5, 5.41) is 23.1. The first-order chi connectivity index (χ1) is 15.1. The summed E-state index contributed by atoms with van der Waals surface area (Å²) in [4.78, 5) is 17.4. The van der Waals surface area contributed by atoms with Gasteiger partial charge in [0, 0.05) is 23.8 Å². The van der Waals surface area contributed by atoms with E-state index in [0.29, 0.717) is 12.1 Å². The lowest BCUT2D eigenvalue weighted by atomic mass is 9.93. The van der Waals surface area contributed by atoms with Crippen LogP contribution in [0.3, 0.4) is 0 Å². The largest absolute Gasteiger partial charge is 0.397 e. The third kappa shape index (κ3) is 4.71. The van der Waals surface area contributed by atoms with Crippen LogP contribution in [-0.2, 0) is 12.3 Å². The third-order valence-electron chi connectivity index (χ3n) is 6.78. The summed E-state index contributed by atoms with van der Waals surface area (Å²) in [6.07, 6.45) is 17.1. The van der Waals surface area contributed by atoms with Crippen LogP contribution in [0.5, 0.6) is 0 Å². The number of benzene rings is 1. The number of nitro benzene ring substituents is 1. The third-order valence-corrected chi connectivity index (χ3v) is 6.78. The van der Waals surface area contributed by atoms with E-state index in [1.165, 1.54) is 57.1 Å². The maximum Gasteiger partial charge on any atom is 0.397 e. The number of hydrogen-bond acceptors (Lipinski definition) is 5. The molecule has 1 atom stereocenters. The molecular formula is C24H33N4O3+. The standard InChI is InChI=1S/C24H33N4O3/c29-24(20-13-15-22(16-14-20)28(30)31)19-26-18-10-17-25-23(26)27(24)21-11-8-6-4-2-1-3-5-7-9-12-21/h10,13-18,21,29H,1-9,11-12,19H2/q+1. The van der Waals surface area contributed by atoms with Crippen molar-refractivity contribution in [1.82, 2.24) is 4.98 Å². The second-order valence-corrected chi connectivity index (χ2v) is 8.95. The van der Waals surface area contributed by atoms with Crippen molar-refractivity contribution in [2.24, 2.45) is 0 Å². The van der Waals surface area contributed by atoms with Gasteiger partial charge in [0.25, 0.3) is 5.69 Å². The Balaban J connectivity index is 1.66. The number of anilines is 1. The quantitative estimate of drug-likeness (QED) is 0.441. The molecule has 2 aliphatic rings. The molecule has 0 saturated heterocycles. The molecule has 1 aliphatic carbocycles. The minimum atomic E-state index is -1.27. The summed E-state index contributed by atoms with van der Waals surface area (Å²) in [5.41, 5.74) is -0.556. The second-order valence-electron chi connectivity index (χ2n) is 8.95. The summed E-state index contributed by atoms with van der Waals surface area (Å²) < 4.78 is 2.00. The van der Waals surface area contributed by atoms with E-state index in [1.807, 2.05) is 16.8 Å². The molecule has 1 aliphatic heterocycles. The van der Waals surface area contributed by atoms with Crippen LogP contribution in [0.4, 0.5) is 11.6 Å². The van der Waals surface area contributed by atoms with Gasteiger partial charge in [-0.2, -0.15) is 0 Å². The zero-order chi connectivity index (χ0) is 21.7. The van der Waals surface area contributed by atoms with E-state index < -0.39 is 10.6 Å². The summed E-state index contributed by atoms with van der Waals surface area (Å²) in [6.45, 7) is 0.366. The Kier molecular flexibility index (Phi) is 6.80. The Bertz CT molecular complexity index is 877. The van der Waals surface area contributed by atoms with E-state index in [-0.39, 0.29) is 11.7 Å². The summed E-state index contributed by atoms with van der Waals surface area (Å²) in [7, 11) is 0. The first-order valence-corrected chi connectivity index (χ1v) is 11.7. The molecule has 7 nitrogen and oxygen atoms in total. The number of rotatable bonds is 3. The Morgan fingerprint density at radius 2 is 1.58 bits per heavy atom. The minimum absolute atomic E-state index is 0.0335. The molecule has 7 heteroatoms. The fraction of sp³-hybridized carbons (Fsp3) is 0.583. The molecular weight excluding hydrogens is 392 g/mol. The fourth-order valence-corrected chi connectivity index (χ4v) is 5.14. The predicted molar refractivity (Wildman–Crippen MR) is 118 cm³/mol. The van der Waals surface area contributed by atoms with Crippen LogP contribution in [0.15, 0.2) is 42.7 Å². The maximum absolute atomic E-state index is 12.0. The molecule has 1 fully saturated rings. The van der Waals surface area contributed by atoms with Crippen LogP contribution < -0.4 is 9.47 Å². The van der Waals surface area contributed by atoms with Crippen molar-refractivity contribution < 1.29 is 14.6 Å². The molecule has 1 aromatic heterocycles. The van der Waals surface area contributed by atoms with Gasteiger partial charge in [-0.3, -0.25) is 10.1 Å². The van der Waals surface area contributed by atoms with Crippen LogP contribution in [0.1, 0.15) is 76.2 Å². The number of aromatic nitrogens is 2. The molecule has 1 saturated carbocycles. The molecule has 31 heavy (non-hydrogen) atoms. The Morgan fingerprint density at radius 3 is 2.16 bits per heavy atom. The van der Waals surface area contributed by atoms with E-state index in [0.717, 1.165) is 31.6 Å². The van der Waals surface area contributed by atoms with E-state index in [9.17, 15) is 15.2 Å². The first-order valence-electron chi connectivity index (χ1n) is 11.7. The average molecular weight is 426 g/mol. The van der Waals surface area contributed by atoms with Crippen LogP contribution in [0.25, 0.3) is 0 Å². The van der Waals surface area contributed by atoms with Crippen LogP contribution in [0, 0.1) is 10.1 Å². The molecule has 166 valence electrons. The molecule has 0 bridgehead atoms. The number of fused-ring (bicyclic) bond motifs is 1. The number of nitrogens with zero attached hydrogens (tertiary/aromatic N) is 4. The minimum Gasteiger partial charge on any atom is -0.353 e. The highest BCUT2D eigenvalue weighted by Crippen LogP contribution is 2.38. The molecule has 1 aromatic carbocycles. The van der Waals surface area contributed by atoms with Gasteiger partial charge in [0.1, 0.15) is 12.7 Å². The van der Waals surface area contributed by atoms with Crippen LogP contribution >= 0.6 is 0 Å². The van der Waals surface area contributed by atoms with Crippen LogP contribution in [-0.4, -0.2) is 21.1 Å². The number of nitro groups is 1. The van der Waals surface area contributed by atoms with Gasteiger partial charge in [-0.25, -0.2) is 9.47 Å². The summed E-state index contributed by atoms with van der Waals surface area (Å²) in [6, 6.07) is 8.40. The van der Waals surface area contributed by atoms with Gasteiger partial charge >= 0.3 is 5.95 Å². The van der Waals surface area contributed by atoms with Crippen molar-refractivity contribution in [1.29, 1.82) is 0 Å². The van der Waals surface area contributed by atoms with Gasteiger partial charge in [-0.1, -0.05) is 62.8 Å². The highest BCUT2D eigenvalue weighted by Gasteiger charge is 2.54. The molecule has 0 spiro atoms. The Morgan fingerprint density at radius 1 is 1.00 bits per heavy atom. The molecule has 1 unspecified atom stereocenters. The number of hydrogen-bond donors (Lipinski definition) is 1. The van der Waals surface area contributed by atoms with Gasteiger partial charge in [-0.15, -0.1) is 0 Å². The number of non-ortho nitro benzene ring substituents is 1. The predicted octanol–water partition coefficient (Wildman–Crippen LogP) is 4.62. The SMILES string of the molecule is O=[N+]([O-])c1ccc(C2(O)C[n+]3cccnc3N2C2CCCCCCCCCCC2)cc1. The maximum atomic E-state index is 12.0. The molecule has 0 radical (unpaired) electrons.